The van der Waals surface area contributed by atoms with E-state index in [1.165, 1.54) is 0 Å². The number of nitrogens with one attached hydrogen (secondary N) is 1. The molecule has 1 aliphatic rings. The average molecular weight is 186 g/mol. The molecule has 0 saturated heterocycles. The lowest BCUT2D eigenvalue weighted by molar-refractivity contribution is -0.126. The molecule has 4 N–H and O–H groups in total. The summed E-state index contributed by atoms with van der Waals surface area (Å²) in [4.78, 5) is 11.5. The van der Waals surface area contributed by atoms with Crippen LogP contribution in [0, 0.1) is 5.41 Å². The Kier molecular flexibility index (Phi) is 3.27. The fraction of sp³-hybridized carbons (Fsp3) is 0.889. The van der Waals surface area contributed by atoms with E-state index >= 15 is 0 Å². The Morgan fingerprint density at radius 2 is 2.31 bits per heavy atom. The smallest absolute Gasteiger partial charge is 0.227 e. The van der Waals surface area contributed by atoms with Crippen molar-refractivity contribution in [2.24, 2.45) is 11.1 Å². The number of nitrogens with two attached hydrogens (primary N) is 1. The van der Waals surface area contributed by atoms with Gasteiger partial charge in [-0.15, -0.1) is 0 Å². The summed E-state index contributed by atoms with van der Waals surface area (Å²) in [6.45, 7) is 2.69. The summed E-state index contributed by atoms with van der Waals surface area (Å²) < 4.78 is 0. The fourth-order valence-electron chi connectivity index (χ4n) is 1.26. The summed E-state index contributed by atoms with van der Waals surface area (Å²) in [6, 6.07) is 0. The van der Waals surface area contributed by atoms with Gasteiger partial charge in [-0.1, -0.05) is 0 Å². The third kappa shape index (κ3) is 2.67. The van der Waals surface area contributed by atoms with Crippen LogP contribution in [0.3, 0.4) is 0 Å². The number of amides is 1. The van der Waals surface area contributed by atoms with Gasteiger partial charge in [-0.25, -0.2) is 0 Å². The summed E-state index contributed by atoms with van der Waals surface area (Å²) in [5.41, 5.74) is 5.23. The van der Waals surface area contributed by atoms with Crippen molar-refractivity contribution in [1.82, 2.24) is 5.32 Å². The summed E-state index contributed by atoms with van der Waals surface area (Å²) in [5, 5.41) is 11.8. The molecule has 1 aliphatic carbocycles. The van der Waals surface area contributed by atoms with Crippen LogP contribution in [0.4, 0.5) is 0 Å². The van der Waals surface area contributed by atoms with Crippen LogP contribution >= 0.6 is 0 Å². The van der Waals surface area contributed by atoms with Gasteiger partial charge in [0.2, 0.25) is 5.91 Å². The van der Waals surface area contributed by atoms with Gasteiger partial charge in [0, 0.05) is 13.1 Å². The predicted octanol–water partition coefficient (Wildman–Crippen LogP) is -0.388. The maximum Gasteiger partial charge on any atom is 0.227 e. The van der Waals surface area contributed by atoms with E-state index in [0.29, 0.717) is 19.5 Å². The van der Waals surface area contributed by atoms with E-state index in [-0.39, 0.29) is 17.4 Å². The summed E-state index contributed by atoms with van der Waals surface area (Å²) in [6.07, 6.45) is 2.06. The minimum absolute atomic E-state index is 0.0515. The zero-order valence-corrected chi connectivity index (χ0v) is 8.05. The third-order valence-electron chi connectivity index (χ3n) is 2.57. The van der Waals surface area contributed by atoms with Crippen molar-refractivity contribution >= 4 is 5.91 Å². The molecule has 0 aliphatic heterocycles. The van der Waals surface area contributed by atoms with Crippen LogP contribution in [0.1, 0.15) is 26.2 Å². The molecule has 76 valence electrons. The first-order chi connectivity index (χ1) is 6.10. The van der Waals surface area contributed by atoms with Crippen LogP contribution < -0.4 is 11.1 Å². The Bertz CT molecular complexity index is 188. The molecule has 0 bridgehead atoms. The van der Waals surface area contributed by atoms with Crippen molar-refractivity contribution in [2.45, 2.75) is 32.3 Å². The molecule has 4 heteroatoms. The highest BCUT2D eigenvalue weighted by Gasteiger charge is 2.48. The lowest BCUT2D eigenvalue weighted by Crippen LogP contribution is -2.37. The zero-order valence-electron chi connectivity index (χ0n) is 8.05. The van der Waals surface area contributed by atoms with Gasteiger partial charge >= 0.3 is 0 Å². The molecule has 1 amide bonds. The van der Waals surface area contributed by atoms with Gasteiger partial charge in [-0.2, -0.15) is 0 Å². The molecule has 1 saturated carbocycles. The number of carbonyl (C=O) groups excluding carboxylic acids is 1. The second-order valence-electron chi connectivity index (χ2n) is 3.88. The molecule has 0 aromatic heterocycles. The van der Waals surface area contributed by atoms with Crippen molar-refractivity contribution in [3.05, 3.63) is 0 Å². The van der Waals surface area contributed by atoms with Gasteiger partial charge in [-0.3, -0.25) is 4.79 Å². The van der Waals surface area contributed by atoms with E-state index in [4.69, 9.17) is 10.8 Å². The van der Waals surface area contributed by atoms with Gasteiger partial charge in [0.15, 0.2) is 0 Å². The number of hydrogen-bond acceptors (Lipinski definition) is 3. The van der Waals surface area contributed by atoms with Gasteiger partial charge in [0.25, 0.3) is 0 Å². The number of hydrogen-bond donors (Lipinski definition) is 3. The number of rotatable bonds is 5. The van der Waals surface area contributed by atoms with E-state index in [1.54, 1.807) is 6.92 Å². The van der Waals surface area contributed by atoms with Gasteiger partial charge < -0.3 is 16.2 Å². The molecule has 4 nitrogen and oxygen atoms in total. The standard InChI is InChI=1S/C9H18N2O2/c1-7(12)2-5-11-8(13)9(6-10)3-4-9/h7,12H,2-6,10H2,1H3,(H,11,13). The zero-order chi connectivity index (χ0) is 9.90. The van der Waals surface area contributed by atoms with Crippen LogP contribution in [-0.4, -0.2) is 30.2 Å². The Labute approximate surface area is 78.5 Å². The molecule has 0 heterocycles. The quantitative estimate of drug-likeness (QED) is 0.547. The van der Waals surface area contributed by atoms with Crippen molar-refractivity contribution in [1.29, 1.82) is 0 Å². The highest BCUT2D eigenvalue weighted by molar-refractivity contribution is 5.85. The monoisotopic (exact) mass is 186 g/mol. The Balaban J connectivity index is 2.18. The van der Waals surface area contributed by atoms with Gasteiger partial charge in [0.05, 0.1) is 11.5 Å². The lowest BCUT2D eigenvalue weighted by Gasteiger charge is -2.13. The Morgan fingerprint density at radius 1 is 1.69 bits per heavy atom. The van der Waals surface area contributed by atoms with Crippen molar-refractivity contribution < 1.29 is 9.90 Å². The number of aliphatic hydroxyl groups excluding tert-OH is 1. The molecule has 1 rings (SSSR count). The summed E-state index contributed by atoms with van der Waals surface area (Å²) >= 11 is 0. The van der Waals surface area contributed by atoms with Crippen molar-refractivity contribution in [3.8, 4) is 0 Å². The third-order valence-corrected chi connectivity index (χ3v) is 2.57. The van der Waals surface area contributed by atoms with Crippen LogP contribution in [0.5, 0.6) is 0 Å². The first-order valence-corrected chi connectivity index (χ1v) is 4.77. The fourth-order valence-corrected chi connectivity index (χ4v) is 1.26. The normalized spacial score (nSPS) is 20.8. The topological polar surface area (TPSA) is 75.3 Å². The van der Waals surface area contributed by atoms with Crippen LogP contribution in [-0.2, 0) is 4.79 Å². The Hall–Kier alpha value is -0.610. The maximum absolute atomic E-state index is 11.5. The van der Waals surface area contributed by atoms with Crippen LogP contribution in [0.15, 0.2) is 0 Å². The molecular weight excluding hydrogens is 168 g/mol. The SMILES string of the molecule is CC(O)CCNC(=O)C1(CN)CC1. The molecule has 1 fully saturated rings. The average Bonchev–Trinajstić information content (AvgIpc) is 2.83. The van der Waals surface area contributed by atoms with E-state index in [9.17, 15) is 4.79 Å². The van der Waals surface area contributed by atoms with E-state index < -0.39 is 0 Å². The molecule has 13 heavy (non-hydrogen) atoms. The molecule has 1 atom stereocenters. The first kappa shape index (κ1) is 10.5. The molecule has 0 radical (unpaired) electrons. The molecule has 0 aromatic carbocycles. The second-order valence-corrected chi connectivity index (χ2v) is 3.88. The maximum atomic E-state index is 11.5. The molecule has 0 aromatic rings. The number of aliphatic hydroxyl groups is 1. The highest BCUT2D eigenvalue weighted by Crippen LogP contribution is 2.44. The molecular formula is C9H18N2O2. The summed E-state index contributed by atoms with van der Waals surface area (Å²) in [7, 11) is 0. The molecule has 0 spiro atoms. The minimum Gasteiger partial charge on any atom is -0.393 e. The predicted molar refractivity (Wildman–Crippen MR) is 50.0 cm³/mol. The van der Waals surface area contributed by atoms with E-state index in [2.05, 4.69) is 5.32 Å². The largest absolute Gasteiger partial charge is 0.393 e. The van der Waals surface area contributed by atoms with Crippen molar-refractivity contribution in [2.75, 3.05) is 13.1 Å². The number of carbonyl (C=O) groups is 1. The van der Waals surface area contributed by atoms with E-state index in [0.717, 1.165) is 12.8 Å². The Morgan fingerprint density at radius 3 is 2.69 bits per heavy atom. The van der Waals surface area contributed by atoms with Crippen LogP contribution in [0.2, 0.25) is 0 Å². The van der Waals surface area contributed by atoms with E-state index in [1.807, 2.05) is 0 Å². The lowest BCUT2D eigenvalue weighted by atomic mass is 10.1. The first-order valence-electron chi connectivity index (χ1n) is 4.77. The van der Waals surface area contributed by atoms with Crippen LogP contribution in [0.25, 0.3) is 0 Å². The van der Waals surface area contributed by atoms with Gasteiger partial charge in [-0.05, 0) is 26.2 Å². The second kappa shape index (κ2) is 4.07. The van der Waals surface area contributed by atoms with Gasteiger partial charge in [0.1, 0.15) is 0 Å². The van der Waals surface area contributed by atoms with Crippen molar-refractivity contribution in [3.63, 3.8) is 0 Å². The molecule has 1 unspecified atom stereocenters. The minimum atomic E-state index is -0.353. The highest BCUT2D eigenvalue weighted by atomic mass is 16.3. The summed E-state index contributed by atoms with van der Waals surface area (Å²) in [5.74, 6) is 0.0515.